The number of fused-ring (bicyclic) bond motifs is 1. The third-order valence-corrected chi connectivity index (χ3v) is 5.26. The Morgan fingerprint density at radius 3 is 2.81 bits per heavy atom. The van der Waals surface area contributed by atoms with E-state index in [2.05, 4.69) is 20.6 Å². The maximum atomic E-state index is 13.2. The largest absolute Gasteiger partial charge is 0.416 e. The first-order valence-corrected chi connectivity index (χ1v) is 10.2. The zero-order valence-electron chi connectivity index (χ0n) is 16.7. The number of aromatic nitrogens is 2. The standard InChI is InChI=1S/C22H23F3N4O2/c23-22(24,25)15-6-3-5-14(11-15)19(12-20(30)26-13-16-7-4-10-31-16)29-21-27-17-8-1-2-9-18(17)28-21/h1-3,5-6,8-9,11,16,19H,4,7,10,12-13H2,(H,26,30)(H2,27,28,29). The molecule has 1 saturated heterocycles. The van der Waals surface area contributed by atoms with E-state index in [1.54, 1.807) is 6.07 Å². The van der Waals surface area contributed by atoms with Crippen molar-refractivity contribution in [3.8, 4) is 0 Å². The van der Waals surface area contributed by atoms with E-state index in [-0.39, 0.29) is 18.4 Å². The van der Waals surface area contributed by atoms with Crippen molar-refractivity contribution < 1.29 is 22.7 Å². The van der Waals surface area contributed by atoms with Gasteiger partial charge in [-0.25, -0.2) is 4.98 Å². The van der Waals surface area contributed by atoms with E-state index in [1.807, 2.05) is 24.3 Å². The van der Waals surface area contributed by atoms with Gasteiger partial charge >= 0.3 is 6.18 Å². The number of aromatic amines is 1. The van der Waals surface area contributed by atoms with Gasteiger partial charge in [0.25, 0.3) is 0 Å². The van der Waals surface area contributed by atoms with Crippen LogP contribution in [0, 0.1) is 0 Å². The van der Waals surface area contributed by atoms with Crippen LogP contribution in [-0.2, 0) is 15.7 Å². The number of amides is 1. The number of hydrogen-bond acceptors (Lipinski definition) is 4. The summed E-state index contributed by atoms with van der Waals surface area (Å²) in [5.41, 5.74) is 1.09. The van der Waals surface area contributed by atoms with Gasteiger partial charge in [0, 0.05) is 13.2 Å². The van der Waals surface area contributed by atoms with Gasteiger partial charge in [0.05, 0.1) is 35.2 Å². The van der Waals surface area contributed by atoms with E-state index in [0.717, 1.165) is 36.0 Å². The minimum absolute atomic E-state index is 0.0145. The van der Waals surface area contributed by atoms with Gasteiger partial charge in [-0.2, -0.15) is 13.2 Å². The van der Waals surface area contributed by atoms with Crippen molar-refractivity contribution >= 4 is 22.9 Å². The normalized spacial score (nSPS) is 17.6. The fourth-order valence-electron chi connectivity index (χ4n) is 3.66. The molecule has 31 heavy (non-hydrogen) atoms. The maximum Gasteiger partial charge on any atom is 0.416 e. The number of benzene rings is 2. The molecule has 2 heterocycles. The Kier molecular flexibility index (Phi) is 6.13. The van der Waals surface area contributed by atoms with Crippen LogP contribution < -0.4 is 10.6 Å². The number of rotatable bonds is 7. The first kappa shape index (κ1) is 21.2. The zero-order chi connectivity index (χ0) is 21.8. The average molecular weight is 432 g/mol. The van der Waals surface area contributed by atoms with Gasteiger partial charge in [0.15, 0.2) is 0 Å². The lowest BCUT2D eigenvalue weighted by Gasteiger charge is -2.20. The molecule has 0 radical (unpaired) electrons. The first-order valence-electron chi connectivity index (χ1n) is 10.2. The van der Waals surface area contributed by atoms with Crippen molar-refractivity contribution in [1.29, 1.82) is 0 Å². The van der Waals surface area contributed by atoms with Crippen LogP contribution in [0.1, 0.15) is 36.4 Å². The lowest BCUT2D eigenvalue weighted by atomic mass is 10.0. The first-order chi connectivity index (χ1) is 14.9. The number of carbonyl (C=O) groups is 1. The Morgan fingerprint density at radius 2 is 2.06 bits per heavy atom. The minimum atomic E-state index is -4.47. The number of H-pyrrole nitrogens is 1. The molecule has 2 unspecified atom stereocenters. The molecule has 6 nitrogen and oxygen atoms in total. The van der Waals surface area contributed by atoms with Crippen LogP contribution in [0.2, 0.25) is 0 Å². The van der Waals surface area contributed by atoms with E-state index in [1.165, 1.54) is 6.07 Å². The molecule has 2 aromatic carbocycles. The van der Waals surface area contributed by atoms with Gasteiger partial charge in [0.1, 0.15) is 0 Å². The van der Waals surface area contributed by atoms with Gasteiger partial charge in [-0.15, -0.1) is 0 Å². The summed E-state index contributed by atoms with van der Waals surface area (Å²) in [6.07, 6.45) is -2.69. The molecule has 2 atom stereocenters. The second-order valence-corrected chi connectivity index (χ2v) is 7.57. The molecule has 3 aromatic rings. The van der Waals surface area contributed by atoms with E-state index in [0.29, 0.717) is 24.7 Å². The van der Waals surface area contributed by atoms with E-state index >= 15 is 0 Å². The number of nitrogens with one attached hydrogen (secondary N) is 3. The molecule has 0 spiro atoms. The van der Waals surface area contributed by atoms with Crippen LogP contribution in [0.4, 0.5) is 19.1 Å². The summed E-state index contributed by atoms with van der Waals surface area (Å²) < 4.78 is 45.2. The third kappa shape index (κ3) is 5.35. The fourth-order valence-corrected chi connectivity index (χ4v) is 3.66. The van der Waals surface area contributed by atoms with Crippen molar-refractivity contribution in [2.45, 2.75) is 37.6 Å². The SMILES string of the molecule is O=C(CC(Nc1nc2ccccc2[nH]1)c1cccc(C(F)(F)F)c1)NCC1CCCO1. The number of imidazole rings is 1. The van der Waals surface area contributed by atoms with Gasteiger partial charge in [0.2, 0.25) is 11.9 Å². The zero-order valence-corrected chi connectivity index (χ0v) is 16.7. The van der Waals surface area contributed by atoms with Crippen molar-refractivity contribution in [3.63, 3.8) is 0 Å². The Balaban J connectivity index is 1.54. The van der Waals surface area contributed by atoms with E-state index < -0.39 is 17.8 Å². The quantitative estimate of drug-likeness (QED) is 0.517. The second kappa shape index (κ2) is 8.97. The third-order valence-electron chi connectivity index (χ3n) is 5.26. The van der Waals surface area contributed by atoms with Crippen LogP contribution >= 0.6 is 0 Å². The topological polar surface area (TPSA) is 79.0 Å². The molecule has 164 valence electrons. The van der Waals surface area contributed by atoms with Crippen LogP contribution in [-0.4, -0.2) is 35.1 Å². The van der Waals surface area contributed by atoms with E-state index in [4.69, 9.17) is 4.74 Å². The summed E-state index contributed by atoms with van der Waals surface area (Å²) in [7, 11) is 0. The number of halogens is 3. The highest BCUT2D eigenvalue weighted by Gasteiger charge is 2.31. The highest BCUT2D eigenvalue weighted by molar-refractivity contribution is 5.79. The predicted molar refractivity (Wildman–Crippen MR) is 111 cm³/mol. The molecule has 1 aromatic heterocycles. The molecule has 4 rings (SSSR count). The van der Waals surface area contributed by atoms with Crippen molar-refractivity contribution in [1.82, 2.24) is 15.3 Å². The summed E-state index contributed by atoms with van der Waals surface area (Å²) in [5, 5.41) is 5.92. The number of alkyl halides is 3. The summed E-state index contributed by atoms with van der Waals surface area (Å²) in [6.45, 7) is 1.07. The van der Waals surface area contributed by atoms with Crippen molar-refractivity contribution in [3.05, 3.63) is 59.7 Å². The lowest BCUT2D eigenvalue weighted by molar-refractivity contribution is -0.137. The molecule has 1 amide bonds. The monoisotopic (exact) mass is 432 g/mol. The predicted octanol–water partition coefficient (Wildman–Crippen LogP) is 4.42. The fraction of sp³-hybridized carbons (Fsp3) is 0.364. The van der Waals surface area contributed by atoms with Gasteiger partial charge in [-0.1, -0.05) is 24.3 Å². The number of anilines is 1. The van der Waals surface area contributed by atoms with Gasteiger partial charge in [-0.3, -0.25) is 4.79 Å². The maximum absolute atomic E-state index is 13.2. The van der Waals surface area contributed by atoms with E-state index in [9.17, 15) is 18.0 Å². The molecule has 0 aliphatic carbocycles. The summed E-state index contributed by atoms with van der Waals surface area (Å²) in [4.78, 5) is 20.1. The molecule has 9 heteroatoms. The second-order valence-electron chi connectivity index (χ2n) is 7.57. The Hall–Kier alpha value is -3.07. The van der Waals surface area contributed by atoms with Crippen molar-refractivity contribution in [2.24, 2.45) is 0 Å². The number of carbonyl (C=O) groups excluding carboxylic acids is 1. The average Bonchev–Trinajstić information content (AvgIpc) is 3.40. The van der Waals surface area contributed by atoms with Crippen LogP contribution in [0.3, 0.4) is 0 Å². The van der Waals surface area contributed by atoms with Crippen molar-refractivity contribution in [2.75, 3.05) is 18.5 Å². The highest BCUT2D eigenvalue weighted by atomic mass is 19.4. The molecule has 3 N–H and O–H groups in total. The summed E-state index contributed by atoms with van der Waals surface area (Å²) in [6, 6.07) is 11.7. The molecule has 0 saturated carbocycles. The van der Waals surface area contributed by atoms with Crippen LogP contribution in [0.5, 0.6) is 0 Å². The summed E-state index contributed by atoms with van der Waals surface area (Å²) >= 11 is 0. The molecule has 1 aliphatic rings. The molecule has 1 aliphatic heterocycles. The van der Waals surface area contributed by atoms with Gasteiger partial charge < -0.3 is 20.4 Å². The van der Waals surface area contributed by atoms with Gasteiger partial charge in [-0.05, 0) is 42.7 Å². The number of para-hydroxylation sites is 2. The number of hydrogen-bond donors (Lipinski definition) is 3. The Bertz CT molecular complexity index is 1010. The Labute approximate surface area is 177 Å². The lowest BCUT2D eigenvalue weighted by Crippen LogP contribution is -2.33. The molecule has 1 fully saturated rings. The molecular weight excluding hydrogens is 409 g/mol. The number of nitrogens with zero attached hydrogens (tertiary/aromatic N) is 1. The Morgan fingerprint density at radius 1 is 1.23 bits per heavy atom. The molecular formula is C22H23F3N4O2. The van der Waals surface area contributed by atoms with Crippen LogP contribution in [0.15, 0.2) is 48.5 Å². The van der Waals surface area contributed by atoms with Crippen LogP contribution in [0.25, 0.3) is 11.0 Å². The minimum Gasteiger partial charge on any atom is -0.376 e. The smallest absolute Gasteiger partial charge is 0.376 e. The highest BCUT2D eigenvalue weighted by Crippen LogP contribution is 2.32. The number of ether oxygens (including phenoxy) is 1. The molecule has 0 bridgehead atoms. The summed E-state index contributed by atoms with van der Waals surface area (Å²) in [5.74, 6) is 0.108.